The smallest absolute Gasteiger partial charge is 0.264 e. The van der Waals surface area contributed by atoms with Gasteiger partial charge in [-0.3, -0.25) is 43.5 Å². The molecule has 2 fully saturated rings. The van der Waals surface area contributed by atoms with Gasteiger partial charge in [0.05, 0.1) is 17.2 Å². The molecule has 2 aromatic carbocycles. The second-order valence-electron chi connectivity index (χ2n) is 15.7. The molecule has 8 rings (SSSR count). The molecule has 0 spiro atoms. The van der Waals surface area contributed by atoms with Crippen LogP contribution in [0.25, 0.3) is 16.8 Å². The van der Waals surface area contributed by atoms with Crippen LogP contribution in [0.4, 0.5) is 17.3 Å². The van der Waals surface area contributed by atoms with E-state index >= 15 is 0 Å². The van der Waals surface area contributed by atoms with Gasteiger partial charge in [-0.1, -0.05) is 62.8 Å². The number of unbranched alkanes of at least 4 members (excludes halogenated alkanes) is 7. The topological polar surface area (TPSA) is 197 Å². The number of imidazole rings is 1. The molecule has 5 N–H and O–H groups in total. The third-order valence-electron chi connectivity index (χ3n) is 11.8. The van der Waals surface area contributed by atoms with Crippen molar-refractivity contribution in [2.45, 2.75) is 89.1 Å². The highest BCUT2D eigenvalue weighted by atomic mass is 16.2. The van der Waals surface area contributed by atoms with Crippen molar-refractivity contribution in [3.63, 3.8) is 0 Å². The maximum absolute atomic E-state index is 13.3. The van der Waals surface area contributed by atoms with Gasteiger partial charge in [-0.15, -0.1) is 0 Å². The van der Waals surface area contributed by atoms with Crippen LogP contribution in [0, 0.1) is 0 Å². The summed E-state index contributed by atoms with van der Waals surface area (Å²) < 4.78 is 2.09. The van der Waals surface area contributed by atoms with Crippen molar-refractivity contribution in [1.82, 2.24) is 34.5 Å². The molecule has 15 heteroatoms. The van der Waals surface area contributed by atoms with Crippen LogP contribution < -0.4 is 21.7 Å². The molecule has 0 saturated carbocycles. The van der Waals surface area contributed by atoms with Crippen molar-refractivity contribution in [3.8, 4) is 11.3 Å². The van der Waals surface area contributed by atoms with Crippen LogP contribution in [0.3, 0.4) is 0 Å². The predicted octanol–water partition coefficient (Wildman–Crippen LogP) is 6.40. The molecule has 2 atom stereocenters. The number of amides is 5. The lowest BCUT2D eigenvalue weighted by molar-refractivity contribution is -0.136. The number of imide groups is 2. The van der Waals surface area contributed by atoms with Crippen molar-refractivity contribution in [2.75, 3.05) is 36.0 Å². The van der Waals surface area contributed by atoms with E-state index in [1.807, 2.05) is 24.4 Å². The monoisotopic (exact) mass is 810 g/mol. The van der Waals surface area contributed by atoms with Crippen molar-refractivity contribution < 1.29 is 24.0 Å². The van der Waals surface area contributed by atoms with Crippen LogP contribution in [0.2, 0.25) is 0 Å². The van der Waals surface area contributed by atoms with Crippen molar-refractivity contribution in [1.29, 1.82) is 0 Å². The van der Waals surface area contributed by atoms with Crippen LogP contribution in [-0.4, -0.2) is 84.4 Å². The number of aromatic nitrogens is 4. The number of anilines is 3. The lowest BCUT2D eigenvalue weighted by Gasteiger charge is -2.27. The quantitative estimate of drug-likeness (QED) is 0.0600. The molecule has 1 unspecified atom stereocenters. The van der Waals surface area contributed by atoms with E-state index in [1.54, 1.807) is 54.9 Å². The Kier molecular flexibility index (Phi) is 12.2. The molecular formula is C45H50N10O5. The first kappa shape index (κ1) is 40.3. The Hall–Kier alpha value is -6.48. The highest BCUT2D eigenvalue weighted by Crippen LogP contribution is 2.37. The van der Waals surface area contributed by atoms with E-state index < -0.39 is 29.7 Å². The Labute approximate surface area is 348 Å². The maximum Gasteiger partial charge on any atom is 0.264 e. The second-order valence-corrected chi connectivity index (χ2v) is 15.7. The standard InChI is InChI=1S/C45H50N10O5/c46-40-39-38(29-17-19-30(20-18-29)42(57)50-35-16-7-9-24-48-35)52-41(54(39)28-25-49-40)33-15-12-27-53(33)26-10-6-4-2-1-3-5-8-23-47-32-14-11-13-31-37(32)45(60)55(44(31)59)34-21-22-36(56)51-43(34)58/h7,9,11,13-14,16-20,24-25,28,33-34,47H,1-6,8,10,12,15,21-23,26-27H2,(H2,46,49)(H,48,50,57)(H,51,56,58)/t33-,34?/m0/s1. The molecule has 3 aliphatic rings. The minimum atomic E-state index is -0.978. The normalized spacial score (nSPS) is 18.0. The van der Waals surface area contributed by atoms with Gasteiger partial charge in [0, 0.05) is 48.4 Å². The summed E-state index contributed by atoms with van der Waals surface area (Å²) in [6.07, 6.45) is 16.6. The molecule has 0 bridgehead atoms. The summed E-state index contributed by atoms with van der Waals surface area (Å²) in [5.74, 6) is -0.363. The minimum Gasteiger partial charge on any atom is -0.384 e. The van der Waals surface area contributed by atoms with Crippen LogP contribution in [0.1, 0.15) is 120 Å². The maximum atomic E-state index is 13.3. The number of nitrogens with one attached hydrogen (secondary N) is 3. The van der Waals surface area contributed by atoms with Crippen LogP contribution >= 0.6 is 0 Å². The summed E-state index contributed by atoms with van der Waals surface area (Å²) in [7, 11) is 0. The van der Waals surface area contributed by atoms with E-state index in [-0.39, 0.29) is 30.4 Å². The van der Waals surface area contributed by atoms with E-state index in [1.165, 1.54) is 12.8 Å². The molecule has 2 saturated heterocycles. The molecule has 0 radical (unpaired) electrons. The number of nitrogens with zero attached hydrogens (tertiary/aromatic N) is 6. The fourth-order valence-corrected chi connectivity index (χ4v) is 8.70. The Morgan fingerprint density at radius 3 is 2.37 bits per heavy atom. The average Bonchev–Trinajstić information content (AvgIpc) is 3.95. The molecule has 15 nitrogen and oxygen atoms in total. The van der Waals surface area contributed by atoms with E-state index in [0.29, 0.717) is 35.0 Å². The number of benzene rings is 2. The number of carbonyl (C=O) groups excluding carboxylic acids is 5. The summed E-state index contributed by atoms with van der Waals surface area (Å²) in [6.45, 7) is 2.70. The third kappa shape index (κ3) is 8.48. The number of hydrogen-bond donors (Lipinski definition) is 4. The number of likely N-dealkylation sites (tertiary alicyclic amines) is 1. The first-order valence-electron chi connectivity index (χ1n) is 21.1. The van der Waals surface area contributed by atoms with Crippen LogP contribution in [0.5, 0.6) is 0 Å². The lowest BCUT2D eigenvalue weighted by Crippen LogP contribution is -2.54. The molecule has 0 aliphatic carbocycles. The largest absolute Gasteiger partial charge is 0.384 e. The number of hydrogen-bond acceptors (Lipinski definition) is 11. The Morgan fingerprint density at radius 1 is 0.817 bits per heavy atom. The first-order chi connectivity index (χ1) is 29.3. The van der Waals surface area contributed by atoms with Gasteiger partial charge in [0.25, 0.3) is 17.7 Å². The Bertz CT molecular complexity index is 2400. The zero-order valence-electron chi connectivity index (χ0n) is 33.6. The zero-order chi connectivity index (χ0) is 41.6. The predicted molar refractivity (Wildman–Crippen MR) is 227 cm³/mol. The average molecular weight is 811 g/mol. The molecular weight excluding hydrogens is 761 g/mol. The van der Waals surface area contributed by atoms with Gasteiger partial charge in [-0.2, -0.15) is 0 Å². The SMILES string of the molecule is Nc1nccn2c([C@@H]3CCCN3CCCCCCCCCCNc3cccc4c3C(=O)N(C3CCC(=O)NC3=O)C4=O)nc(-c3ccc(C(=O)Nc4ccccn4)cc3)c12. The Morgan fingerprint density at radius 2 is 1.60 bits per heavy atom. The summed E-state index contributed by atoms with van der Waals surface area (Å²) in [5.41, 5.74) is 10.5. The van der Waals surface area contributed by atoms with Gasteiger partial charge in [0.1, 0.15) is 34.7 Å². The van der Waals surface area contributed by atoms with Gasteiger partial charge >= 0.3 is 0 Å². The second kappa shape index (κ2) is 18.2. The van der Waals surface area contributed by atoms with E-state index in [9.17, 15) is 24.0 Å². The van der Waals surface area contributed by atoms with Crippen LogP contribution in [-0.2, 0) is 9.59 Å². The van der Waals surface area contributed by atoms with E-state index in [0.717, 1.165) is 92.0 Å². The van der Waals surface area contributed by atoms with Gasteiger partial charge in [0.2, 0.25) is 11.8 Å². The molecule has 5 aromatic rings. The van der Waals surface area contributed by atoms with Gasteiger partial charge in [-0.25, -0.2) is 15.0 Å². The van der Waals surface area contributed by atoms with Crippen molar-refractivity contribution in [2.24, 2.45) is 0 Å². The van der Waals surface area contributed by atoms with Crippen molar-refractivity contribution in [3.05, 3.63) is 102 Å². The van der Waals surface area contributed by atoms with E-state index in [4.69, 9.17) is 10.7 Å². The fraction of sp³-hybridized carbons (Fsp3) is 0.378. The number of rotatable bonds is 17. The number of pyridine rings is 1. The minimum absolute atomic E-state index is 0.0901. The molecule has 3 aliphatic heterocycles. The number of fused-ring (bicyclic) bond motifs is 2. The van der Waals surface area contributed by atoms with Crippen LogP contribution in [0.15, 0.2) is 79.3 Å². The number of nitrogen functional groups attached to an aromatic ring is 1. The van der Waals surface area contributed by atoms with Gasteiger partial charge in [-0.05, 0) is 81.6 Å². The first-order valence-corrected chi connectivity index (χ1v) is 21.1. The number of nitrogens with two attached hydrogens (primary N) is 1. The van der Waals surface area contributed by atoms with Crippen molar-refractivity contribution >= 4 is 52.4 Å². The molecule has 5 amide bonds. The molecule has 60 heavy (non-hydrogen) atoms. The highest BCUT2D eigenvalue weighted by Gasteiger charge is 2.45. The lowest BCUT2D eigenvalue weighted by atomic mass is 10.0. The number of carbonyl (C=O) groups is 5. The molecule has 310 valence electrons. The van der Waals surface area contributed by atoms with Gasteiger partial charge < -0.3 is 16.4 Å². The highest BCUT2D eigenvalue weighted by molar-refractivity contribution is 6.25. The third-order valence-corrected chi connectivity index (χ3v) is 11.8. The fourth-order valence-electron chi connectivity index (χ4n) is 8.70. The summed E-state index contributed by atoms with van der Waals surface area (Å²) >= 11 is 0. The summed E-state index contributed by atoms with van der Waals surface area (Å²) in [5, 5.41) is 8.41. The van der Waals surface area contributed by atoms with Gasteiger partial charge in [0.15, 0.2) is 0 Å². The number of piperidine rings is 1. The molecule has 3 aromatic heterocycles. The Balaban J connectivity index is 0.771. The summed E-state index contributed by atoms with van der Waals surface area (Å²) in [4.78, 5) is 80.6. The molecule has 6 heterocycles. The van der Waals surface area contributed by atoms with E-state index in [2.05, 4.69) is 35.2 Å². The zero-order valence-corrected chi connectivity index (χ0v) is 33.6. The summed E-state index contributed by atoms with van der Waals surface area (Å²) in [6, 6.07) is 17.1.